The predicted molar refractivity (Wildman–Crippen MR) is 174 cm³/mol. The molecule has 4 aromatic heterocycles. The number of hydrogen-bond donors (Lipinski definition) is 0. The molecule has 0 fully saturated rings. The first kappa shape index (κ1) is 22.6. The molecule has 0 radical (unpaired) electrons. The van der Waals surface area contributed by atoms with Crippen molar-refractivity contribution in [3.8, 4) is 22.5 Å². The van der Waals surface area contributed by atoms with Gasteiger partial charge in [-0.05, 0) is 24.3 Å². The van der Waals surface area contributed by atoms with Crippen LogP contribution in [0.4, 0.5) is 0 Å². The van der Waals surface area contributed by atoms with E-state index < -0.39 is 0 Å². The van der Waals surface area contributed by atoms with Crippen LogP contribution >= 0.6 is 11.3 Å². The minimum atomic E-state index is 0.930. The highest BCUT2D eigenvalue weighted by Gasteiger charge is 2.16. The highest BCUT2D eigenvalue weighted by atomic mass is 32.1. The summed E-state index contributed by atoms with van der Waals surface area (Å²) in [4.78, 5) is 14.9. The number of aromatic nitrogens is 3. The monoisotopic (exact) mass is 539 g/mol. The van der Waals surface area contributed by atoms with E-state index in [1.165, 1.54) is 36.3 Å². The summed E-state index contributed by atoms with van der Waals surface area (Å²) in [5.74, 6) is 0. The van der Waals surface area contributed by atoms with Crippen LogP contribution < -0.4 is 0 Å². The van der Waals surface area contributed by atoms with Gasteiger partial charge in [0.25, 0.3) is 0 Å². The highest BCUT2D eigenvalue weighted by Crippen LogP contribution is 2.43. The number of rotatable bonds is 2. The van der Waals surface area contributed by atoms with E-state index in [-0.39, 0.29) is 0 Å². The molecular weight excluding hydrogens is 518 g/mol. The Morgan fingerprint density at radius 3 is 2.12 bits per heavy atom. The van der Waals surface area contributed by atoms with Gasteiger partial charge in [-0.2, -0.15) is 0 Å². The lowest BCUT2D eigenvalue weighted by Gasteiger charge is -2.12. The third kappa shape index (κ3) is 3.41. The van der Waals surface area contributed by atoms with E-state index in [0.717, 1.165) is 49.8 Å². The molecule has 0 aliphatic heterocycles. The molecular formula is C37H21N3S. The molecule has 4 heteroatoms. The van der Waals surface area contributed by atoms with Gasteiger partial charge in [0.15, 0.2) is 0 Å². The van der Waals surface area contributed by atoms with Gasteiger partial charge >= 0.3 is 0 Å². The molecule has 9 aromatic rings. The van der Waals surface area contributed by atoms with Crippen molar-refractivity contribution in [2.75, 3.05) is 0 Å². The normalized spacial score (nSPS) is 11.9. The number of hydrogen-bond acceptors (Lipinski definition) is 4. The molecule has 3 nitrogen and oxygen atoms in total. The van der Waals surface area contributed by atoms with E-state index in [4.69, 9.17) is 9.97 Å². The van der Waals surface area contributed by atoms with Crippen LogP contribution in [0.1, 0.15) is 0 Å². The summed E-state index contributed by atoms with van der Waals surface area (Å²) < 4.78 is 2.63. The Bertz CT molecular complexity index is 2480. The summed E-state index contributed by atoms with van der Waals surface area (Å²) in [7, 11) is 0. The SMILES string of the molecule is c1cnc2c(c1)ccc1ccc(-c3ccc(-c4nc5ccccc5c5c4ccc4c6ccccc6sc45)cc3)nc12. The first-order chi connectivity index (χ1) is 20.3. The van der Waals surface area contributed by atoms with Crippen LogP contribution in [0.15, 0.2) is 128 Å². The number of pyridine rings is 3. The number of thiophene rings is 1. The van der Waals surface area contributed by atoms with E-state index in [9.17, 15) is 0 Å². The standard InChI is InChI=1S/C37H21N3S/c1-3-9-31-28(8-1)33-29(19-18-27-26-7-2-4-10-32(26)41-37(27)33)34(40-31)24-13-11-22(12-14-24)30-20-17-25-16-15-23-6-5-21-38-35(23)36(25)39-30/h1-21H. The molecule has 5 aromatic carbocycles. The fourth-order valence-corrected chi connectivity index (χ4v) is 7.38. The van der Waals surface area contributed by atoms with Gasteiger partial charge in [-0.15, -0.1) is 11.3 Å². The van der Waals surface area contributed by atoms with Crippen LogP contribution in [0.2, 0.25) is 0 Å². The molecule has 4 heterocycles. The van der Waals surface area contributed by atoms with Crippen molar-refractivity contribution < 1.29 is 0 Å². The van der Waals surface area contributed by atoms with Gasteiger partial charge in [0.1, 0.15) is 0 Å². The van der Waals surface area contributed by atoms with E-state index in [2.05, 4.69) is 120 Å². The Kier molecular flexibility index (Phi) is 4.77. The van der Waals surface area contributed by atoms with Crippen LogP contribution in [-0.4, -0.2) is 15.0 Å². The van der Waals surface area contributed by atoms with Crippen molar-refractivity contribution in [3.63, 3.8) is 0 Å². The van der Waals surface area contributed by atoms with Crippen molar-refractivity contribution in [2.24, 2.45) is 0 Å². The maximum Gasteiger partial charge on any atom is 0.0972 e. The Morgan fingerprint density at radius 2 is 1.22 bits per heavy atom. The van der Waals surface area contributed by atoms with Crippen LogP contribution in [0.5, 0.6) is 0 Å². The number of fused-ring (bicyclic) bond motifs is 10. The summed E-state index contributed by atoms with van der Waals surface area (Å²) in [6, 6.07) is 42.9. The van der Waals surface area contributed by atoms with Crippen molar-refractivity contribution in [2.45, 2.75) is 0 Å². The van der Waals surface area contributed by atoms with Crippen molar-refractivity contribution >= 4 is 75.0 Å². The summed E-state index contributed by atoms with van der Waals surface area (Å²) in [6.07, 6.45) is 1.83. The molecule has 9 rings (SSSR count). The predicted octanol–water partition coefficient (Wildman–Crippen LogP) is 10.2. The minimum absolute atomic E-state index is 0.930. The summed E-state index contributed by atoms with van der Waals surface area (Å²) in [6.45, 7) is 0. The third-order valence-corrected chi connectivity index (χ3v) is 9.30. The molecule has 0 aliphatic carbocycles. The second-order valence-corrected chi connectivity index (χ2v) is 11.5. The zero-order valence-electron chi connectivity index (χ0n) is 21.9. The van der Waals surface area contributed by atoms with Crippen molar-refractivity contribution in [3.05, 3.63) is 128 Å². The smallest absolute Gasteiger partial charge is 0.0972 e. The van der Waals surface area contributed by atoms with Gasteiger partial charge < -0.3 is 0 Å². The van der Waals surface area contributed by atoms with Crippen LogP contribution in [0, 0.1) is 0 Å². The van der Waals surface area contributed by atoms with Crippen molar-refractivity contribution in [1.29, 1.82) is 0 Å². The maximum atomic E-state index is 5.19. The van der Waals surface area contributed by atoms with Gasteiger partial charge in [0.2, 0.25) is 0 Å². The fourth-order valence-electron chi connectivity index (χ4n) is 6.12. The molecule has 0 aliphatic rings. The van der Waals surface area contributed by atoms with E-state index >= 15 is 0 Å². The second-order valence-electron chi connectivity index (χ2n) is 10.4. The molecule has 0 N–H and O–H groups in total. The Balaban J connectivity index is 1.23. The third-order valence-electron chi connectivity index (χ3n) is 8.09. The number of benzene rings is 5. The second kappa shape index (κ2) is 8.65. The van der Waals surface area contributed by atoms with Crippen molar-refractivity contribution in [1.82, 2.24) is 15.0 Å². The zero-order valence-corrected chi connectivity index (χ0v) is 22.7. The lowest BCUT2D eigenvalue weighted by Crippen LogP contribution is -1.91. The lowest BCUT2D eigenvalue weighted by atomic mass is 9.97. The zero-order chi connectivity index (χ0) is 26.9. The topological polar surface area (TPSA) is 38.7 Å². The number of para-hydroxylation sites is 1. The molecule has 0 saturated heterocycles. The minimum Gasteiger partial charge on any atom is -0.254 e. The lowest BCUT2D eigenvalue weighted by molar-refractivity contribution is 1.37. The molecule has 0 saturated carbocycles. The Labute approximate surface area is 239 Å². The van der Waals surface area contributed by atoms with Gasteiger partial charge in [-0.1, -0.05) is 97.1 Å². The molecule has 0 atom stereocenters. The largest absolute Gasteiger partial charge is 0.254 e. The van der Waals surface area contributed by atoms with Gasteiger partial charge in [0, 0.05) is 64.4 Å². The average Bonchev–Trinajstić information content (AvgIpc) is 3.43. The maximum absolute atomic E-state index is 5.19. The Hall–Kier alpha value is -5.19. The van der Waals surface area contributed by atoms with Gasteiger partial charge in [-0.25, -0.2) is 9.97 Å². The summed E-state index contributed by atoms with van der Waals surface area (Å²) >= 11 is 1.87. The van der Waals surface area contributed by atoms with Crippen LogP contribution in [-0.2, 0) is 0 Å². The molecule has 190 valence electrons. The average molecular weight is 540 g/mol. The highest BCUT2D eigenvalue weighted by molar-refractivity contribution is 7.26. The molecule has 0 spiro atoms. The molecule has 41 heavy (non-hydrogen) atoms. The quantitative estimate of drug-likeness (QED) is 0.205. The van der Waals surface area contributed by atoms with Crippen LogP contribution in [0.3, 0.4) is 0 Å². The summed E-state index contributed by atoms with van der Waals surface area (Å²) in [5, 5.41) is 8.47. The summed E-state index contributed by atoms with van der Waals surface area (Å²) in [5.41, 5.74) is 6.98. The van der Waals surface area contributed by atoms with Gasteiger partial charge in [0.05, 0.1) is 27.9 Å². The molecule has 0 amide bonds. The number of nitrogens with zero attached hydrogens (tertiary/aromatic N) is 3. The van der Waals surface area contributed by atoms with E-state index in [1.54, 1.807) is 0 Å². The first-order valence-electron chi connectivity index (χ1n) is 13.7. The van der Waals surface area contributed by atoms with E-state index in [0.29, 0.717) is 0 Å². The van der Waals surface area contributed by atoms with E-state index in [1.807, 2.05) is 23.6 Å². The fraction of sp³-hybridized carbons (Fsp3) is 0. The molecule has 0 bridgehead atoms. The van der Waals surface area contributed by atoms with Gasteiger partial charge in [-0.3, -0.25) is 4.98 Å². The first-order valence-corrected chi connectivity index (χ1v) is 14.5. The molecule has 0 unspecified atom stereocenters. The Morgan fingerprint density at radius 1 is 0.488 bits per heavy atom. The van der Waals surface area contributed by atoms with Crippen LogP contribution in [0.25, 0.3) is 86.2 Å².